The number of carboxylic acid groups (broad SMARTS) is 1. The number of hydrogen-bond donors (Lipinski definition) is 1. The molecule has 1 amide bonds. The molecule has 0 saturated carbocycles. The Morgan fingerprint density at radius 2 is 2.08 bits per heavy atom. The first-order valence-electron chi connectivity index (χ1n) is 7.91. The van der Waals surface area contributed by atoms with Crippen LogP contribution in [-0.4, -0.2) is 55.3 Å². The van der Waals surface area contributed by atoms with Crippen LogP contribution in [0.3, 0.4) is 0 Å². The van der Waals surface area contributed by atoms with Gasteiger partial charge < -0.3 is 19.5 Å². The fraction of sp³-hybridized carbons (Fsp3) is 0.529. The number of benzene rings is 1. The molecule has 0 bridgehead atoms. The summed E-state index contributed by atoms with van der Waals surface area (Å²) < 4.78 is 24.2. The molecular formula is C17H20FNO5. The first kappa shape index (κ1) is 16.7. The van der Waals surface area contributed by atoms with E-state index in [0.29, 0.717) is 32.6 Å². The first-order valence-corrected chi connectivity index (χ1v) is 7.91. The van der Waals surface area contributed by atoms with Crippen molar-refractivity contribution in [1.29, 1.82) is 0 Å². The normalized spacial score (nSPS) is 22.6. The fourth-order valence-corrected chi connectivity index (χ4v) is 3.80. The summed E-state index contributed by atoms with van der Waals surface area (Å²) in [4.78, 5) is 26.0. The van der Waals surface area contributed by atoms with E-state index in [1.165, 1.54) is 30.2 Å². The average Bonchev–Trinajstić information content (AvgIpc) is 2.93. The van der Waals surface area contributed by atoms with Gasteiger partial charge in [0.05, 0.1) is 18.6 Å². The van der Waals surface area contributed by atoms with Crippen molar-refractivity contribution in [3.05, 3.63) is 29.6 Å². The van der Waals surface area contributed by atoms with Gasteiger partial charge in [0.2, 0.25) is 0 Å². The number of para-hydroxylation sites is 1. The molecule has 1 atom stereocenters. The zero-order valence-corrected chi connectivity index (χ0v) is 13.5. The number of ether oxygens (including phenoxy) is 2. The summed E-state index contributed by atoms with van der Waals surface area (Å²) in [6.45, 7) is 1.45. The van der Waals surface area contributed by atoms with Crippen LogP contribution in [0.25, 0.3) is 0 Å². The van der Waals surface area contributed by atoms with Crippen LogP contribution in [0.2, 0.25) is 0 Å². The molecule has 1 spiro atoms. The van der Waals surface area contributed by atoms with E-state index in [4.69, 9.17) is 9.47 Å². The topological polar surface area (TPSA) is 76.1 Å². The number of aliphatic carboxylic acids is 1. The van der Waals surface area contributed by atoms with E-state index in [9.17, 15) is 19.1 Å². The van der Waals surface area contributed by atoms with Crippen LogP contribution in [0.5, 0.6) is 5.75 Å². The highest BCUT2D eigenvalue weighted by Crippen LogP contribution is 2.45. The summed E-state index contributed by atoms with van der Waals surface area (Å²) in [5, 5.41) is 9.58. The average molecular weight is 337 g/mol. The van der Waals surface area contributed by atoms with Crippen molar-refractivity contribution in [1.82, 2.24) is 4.90 Å². The SMILES string of the molecule is COc1c(F)cccc1C(=O)N1CC(C(=O)O)C2(CCOCC2)C1. The van der Waals surface area contributed by atoms with Crippen molar-refractivity contribution in [3.63, 3.8) is 0 Å². The minimum atomic E-state index is -0.904. The predicted molar refractivity (Wildman–Crippen MR) is 82.5 cm³/mol. The summed E-state index contributed by atoms with van der Waals surface area (Å²) in [5.41, 5.74) is -0.355. The third kappa shape index (κ3) is 2.73. The number of likely N-dealkylation sites (tertiary alicyclic amines) is 1. The van der Waals surface area contributed by atoms with Gasteiger partial charge in [0.25, 0.3) is 5.91 Å². The zero-order valence-electron chi connectivity index (χ0n) is 13.5. The van der Waals surface area contributed by atoms with Crippen LogP contribution >= 0.6 is 0 Å². The summed E-state index contributed by atoms with van der Waals surface area (Å²) in [5.74, 6) is -2.66. The summed E-state index contributed by atoms with van der Waals surface area (Å²) in [7, 11) is 1.30. The van der Waals surface area contributed by atoms with Gasteiger partial charge in [0.15, 0.2) is 11.6 Å². The third-order valence-corrected chi connectivity index (χ3v) is 5.12. The van der Waals surface area contributed by atoms with Crippen molar-refractivity contribution < 1.29 is 28.6 Å². The standard InChI is InChI=1S/C17H20FNO5/c1-23-14-11(3-2-4-13(14)18)15(20)19-9-12(16(21)22)17(10-19)5-7-24-8-6-17/h2-4,12H,5-10H2,1H3,(H,21,22). The van der Waals surface area contributed by atoms with Gasteiger partial charge in [-0.15, -0.1) is 0 Å². The summed E-state index contributed by atoms with van der Waals surface area (Å²) in [6.07, 6.45) is 1.21. The Hall–Kier alpha value is -2.15. The second-order valence-electron chi connectivity index (χ2n) is 6.37. The second kappa shape index (κ2) is 6.39. The lowest BCUT2D eigenvalue weighted by Crippen LogP contribution is -2.40. The smallest absolute Gasteiger partial charge is 0.308 e. The lowest BCUT2D eigenvalue weighted by molar-refractivity contribution is -0.146. The van der Waals surface area contributed by atoms with Crippen molar-refractivity contribution in [2.75, 3.05) is 33.4 Å². The minimum absolute atomic E-state index is 0.109. The van der Waals surface area contributed by atoms with Crippen molar-refractivity contribution in [2.45, 2.75) is 12.8 Å². The van der Waals surface area contributed by atoms with E-state index in [2.05, 4.69) is 0 Å². The maximum atomic E-state index is 13.8. The highest BCUT2D eigenvalue weighted by atomic mass is 19.1. The molecule has 3 rings (SSSR count). The zero-order chi connectivity index (χ0) is 17.3. The largest absolute Gasteiger partial charge is 0.493 e. The maximum absolute atomic E-state index is 13.8. The molecule has 0 aliphatic carbocycles. The first-order chi connectivity index (χ1) is 11.5. The molecule has 0 aromatic heterocycles. The Bertz CT molecular complexity index is 656. The molecule has 0 radical (unpaired) electrons. The maximum Gasteiger partial charge on any atom is 0.308 e. The number of halogens is 1. The Labute approximate surface area is 139 Å². The molecule has 1 N–H and O–H groups in total. The Kier molecular flexibility index (Phi) is 4.45. The molecule has 2 aliphatic heterocycles. The number of carbonyl (C=O) groups is 2. The van der Waals surface area contributed by atoms with Gasteiger partial charge in [0, 0.05) is 31.7 Å². The molecule has 1 aromatic rings. The van der Waals surface area contributed by atoms with Gasteiger partial charge >= 0.3 is 5.97 Å². The number of rotatable bonds is 3. The molecule has 2 heterocycles. The Balaban J connectivity index is 1.89. The van der Waals surface area contributed by atoms with Crippen molar-refractivity contribution in [2.24, 2.45) is 11.3 Å². The fourth-order valence-electron chi connectivity index (χ4n) is 3.80. The number of carboxylic acids is 1. The lowest BCUT2D eigenvalue weighted by atomic mass is 9.72. The highest BCUT2D eigenvalue weighted by Gasteiger charge is 2.52. The quantitative estimate of drug-likeness (QED) is 0.910. The van der Waals surface area contributed by atoms with Gasteiger partial charge in [-0.05, 0) is 25.0 Å². The summed E-state index contributed by atoms with van der Waals surface area (Å²) in [6, 6.07) is 4.16. The minimum Gasteiger partial charge on any atom is -0.493 e. The Morgan fingerprint density at radius 3 is 2.71 bits per heavy atom. The van der Waals surface area contributed by atoms with Gasteiger partial charge in [0.1, 0.15) is 0 Å². The van der Waals surface area contributed by atoms with E-state index in [1.807, 2.05) is 0 Å². The van der Waals surface area contributed by atoms with E-state index in [-0.39, 0.29) is 17.9 Å². The molecule has 2 saturated heterocycles. The van der Waals surface area contributed by atoms with Crippen LogP contribution in [-0.2, 0) is 9.53 Å². The van der Waals surface area contributed by atoms with Crippen LogP contribution in [0.15, 0.2) is 18.2 Å². The second-order valence-corrected chi connectivity index (χ2v) is 6.37. The third-order valence-electron chi connectivity index (χ3n) is 5.12. The molecule has 2 aliphatic rings. The van der Waals surface area contributed by atoms with Gasteiger partial charge in [-0.1, -0.05) is 6.07 Å². The molecule has 7 heteroatoms. The summed E-state index contributed by atoms with van der Waals surface area (Å²) >= 11 is 0. The molecular weight excluding hydrogens is 317 g/mol. The van der Waals surface area contributed by atoms with E-state index in [0.717, 1.165) is 0 Å². The Morgan fingerprint density at radius 1 is 1.38 bits per heavy atom. The van der Waals surface area contributed by atoms with Crippen LogP contribution < -0.4 is 4.74 Å². The van der Waals surface area contributed by atoms with Crippen LogP contribution in [0, 0.1) is 17.2 Å². The molecule has 130 valence electrons. The molecule has 1 unspecified atom stereocenters. The highest BCUT2D eigenvalue weighted by molar-refractivity contribution is 5.97. The lowest BCUT2D eigenvalue weighted by Gasteiger charge is -2.36. The van der Waals surface area contributed by atoms with E-state index >= 15 is 0 Å². The number of amides is 1. The monoisotopic (exact) mass is 337 g/mol. The van der Waals surface area contributed by atoms with Gasteiger partial charge in [-0.3, -0.25) is 9.59 Å². The number of methoxy groups -OCH3 is 1. The molecule has 24 heavy (non-hydrogen) atoms. The van der Waals surface area contributed by atoms with Crippen LogP contribution in [0.1, 0.15) is 23.2 Å². The number of hydrogen-bond acceptors (Lipinski definition) is 4. The molecule has 1 aromatic carbocycles. The van der Waals surface area contributed by atoms with Crippen LogP contribution in [0.4, 0.5) is 4.39 Å². The van der Waals surface area contributed by atoms with Crippen molar-refractivity contribution >= 4 is 11.9 Å². The number of nitrogens with zero attached hydrogens (tertiary/aromatic N) is 1. The number of carbonyl (C=O) groups excluding carboxylic acids is 1. The van der Waals surface area contributed by atoms with E-state index in [1.54, 1.807) is 0 Å². The van der Waals surface area contributed by atoms with E-state index < -0.39 is 29.0 Å². The van der Waals surface area contributed by atoms with Crippen molar-refractivity contribution in [3.8, 4) is 5.75 Å². The van der Waals surface area contributed by atoms with Gasteiger partial charge in [-0.25, -0.2) is 4.39 Å². The molecule has 6 nitrogen and oxygen atoms in total. The molecule has 2 fully saturated rings. The predicted octanol–water partition coefficient (Wildman–Crippen LogP) is 1.79. The van der Waals surface area contributed by atoms with Gasteiger partial charge in [-0.2, -0.15) is 0 Å².